The Balaban J connectivity index is 1.08. The van der Waals surface area contributed by atoms with E-state index in [1.54, 1.807) is 5.56 Å². The van der Waals surface area contributed by atoms with E-state index in [-0.39, 0.29) is 0 Å². The van der Waals surface area contributed by atoms with Gasteiger partial charge in [-0.3, -0.25) is 0 Å². The standard InChI is InChI=1S/C31H41ClN2/c1-23(33-29-12-15-34(16-13-29)14-11-24-5-3-2-4-6-24)30-18-25-17-26(19-30)21-31(20-25,22-30)27-7-9-28(32)10-8-27/h2-10,23,25-26,29,33H,11-22H2,1H3. The minimum atomic E-state index is 0.394. The number of benzene rings is 2. The predicted octanol–water partition coefficient (Wildman–Crippen LogP) is 6.86. The first kappa shape index (κ1) is 23.1. The molecule has 1 saturated heterocycles. The maximum atomic E-state index is 6.25. The lowest BCUT2D eigenvalue weighted by Crippen LogP contribution is -2.61. The van der Waals surface area contributed by atoms with E-state index in [0.717, 1.165) is 16.9 Å². The zero-order valence-corrected chi connectivity index (χ0v) is 21.6. The Hall–Kier alpha value is -1.35. The molecule has 3 unspecified atom stereocenters. The van der Waals surface area contributed by atoms with Gasteiger partial charge in [-0.1, -0.05) is 54.1 Å². The zero-order chi connectivity index (χ0) is 23.2. The van der Waals surface area contributed by atoms with Gasteiger partial charge in [-0.05, 0) is 124 Å². The third kappa shape index (κ3) is 4.47. The van der Waals surface area contributed by atoms with Gasteiger partial charge in [0.2, 0.25) is 0 Å². The van der Waals surface area contributed by atoms with Crippen molar-refractivity contribution in [1.29, 1.82) is 0 Å². The van der Waals surface area contributed by atoms with Crippen LogP contribution in [0.3, 0.4) is 0 Å². The number of hydrogen-bond donors (Lipinski definition) is 1. The van der Waals surface area contributed by atoms with E-state index in [4.69, 9.17) is 11.6 Å². The van der Waals surface area contributed by atoms with Crippen LogP contribution in [0, 0.1) is 17.3 Å². The fourth-order valence-electron chi connectivity index (χ4n) is 8.77. The van der Waals surface area contributed by atoms with Crippen LogP contribution < -0.4 is 5.32 Å². The van der Waals surface area contributed by atoms with Crippen molar-refractivity contribution in [2.45, 2.75) is 82.2 Å². The lowest BCUT2D eigenvalue weighted by molar-refractivity contribution is -0.0903. The Kier molecular flexibility index (Phi) is 6.29. The largest absolute Gasteiger partial charge is 0.311 e. The second-order valence-corrected chi connectivity index (χ2v) is 12.8. The quantitative estimate of drug-likeness (QED) is 0.469. The van der Waals surface area contributed by atoms with E-state index in [1.807, 2.05) is 0 Å². The van der Waals surface area contributed by atoms with Crippen molar-refractivity contribution in [3.8, 4) is 0 Å². The number of hydrogen-bond acceptors (Lipinski definition) is 2. The summed E-state index contributed by atoms with van der Waals surface area (Å²) in [4.78, 5) is 2.68. The highest BCUT2D eigenvalue weighted by molar-refractivity contribution is 6.30. The molecule has 2 aromatic carbocycles. The SMILES string of the molecule is CC(NC1CCN(CCc2ccccc2)CC1)C12CC3CC(CC(c4ccc(Cl)cc4)(C3)C1)C2. The van der Waals surface area contributed by atoms with Crippen LogP contribution in [0.25, 0.3) is 0 Å². The maximum Gasteiger partial charge on any atom is 0.0406 e. The predicted molar refractivity (Wildman–Crippen MR) is 142 cm³/mol. The second kappa shape index (κ2) is 9.26. The monoisotopic (exact) mass is 476 g/mol. The van der Waals surface area contributed by atoms with Crippen LogP contribution in [-0.4, -0.2) is 36.6 Å². The van der Waals surface area contributed by atoms with E-state index in [2.05, 4.69) is 71.7 Å². The number of rotatable bonds is 7. The normalized spacial score (nSPS) is 34.4. The van der Waals surface area contributed by atoms with Crippen LogP contribution in [-0.2, 0) is 11.8 Å². The molecule has 3 heteroatoms. The van der Waals surface area contributed by atoms with Crippen molar-refractivity contribution in [1.82, 2.24) is 10.2 Å². The molecule has 34 heavy (non-hydrogen) atoms. The lowest BCUT2D eigenvalue weighted by atomic mass is 9.41. The van der Waals surface area contributed by atoms with Crippen LogP contribution in [0.5, 0.6) is 0 Å². The smallest absolute Gasteiger partial charge is 0.0406 e. The molecule has 4 saturated carbocycles. The Bertz CT molecular complexity index is 949. The van der Waals surface area contributed by atoms with Gasteiger partial charge in [0.05, 0.1) is 0 Å². The Labute approximate surface area is 211 Å². The highest BCUT2D eigenvalue weighted by Crippen LogP contribution is 2.66. The molecular formula is C31H41ClN2. The van der Waals surface area contributed by atoms with E-state index in [9.17, 15) is 0 Å². The van der Waals surface area contributed by atoms with Crippen molar-refractivity contribution in [2.24, 2.45) is 17.3 Å². The minimum absolute atomic E-state index is 0.394. The second-order valence-electron chi connectivity index (χ2n) is 12.4. The first-order chi connectivity index (χ1) is 16.5. The Morgan fingerprint density at radius 1 is 0.941 bits per heavy atom. The van der Waals surface area contributed by atoms with E-state index in [1.165, 1.54) is 83.0 Å². The molecule has 0 aromatic heterocycles. The van der Waals surface area contributed by atoms with Crippen LogP contribution in [0.2, 0.25) is 5.02 Å². The molecule has 3 atom stereocenters. The molecule has 2 aromatic rings. The molecule has 7 rings (SSSR count). The fraction of sp³-hybridized carbons (Fsp3) is 0.613. The summed E-state index contributed by atoms with van der Waals surface area (Å²) >= 11 is 6.25. The number of nitrogens with zero attached hydrogens (tertiary/aromatic N) is 1. The van der Waals surface area contributed by atoms with Gasteiger partial charge in [0.15, 0.2) is 0 Å². The van der Waals surface area contributed by atoms with E-state index < -0.39 is 0 Å². The van der Waals surface area contributed by atoms with Gasteiger partial charge in [0.25, 0.3) is 0 Å². The topological polar surface area (TPSA) is 15.3 Å². The summed E-state index contributed by atoms with van der Waals surface area (Å²) in [6.45, 7) is 6.21. The van der Waals surface area contributed by atoms with Crippen molar-refractivity contribution in [3.63, 3.8) is 0 Å². The van der Waals surface area contributed by atoms with Crippen molar-refractivity contribution in [3.05, 3.63) is 70.7 Å². The van der Waals surface area contributed by atoms with Crippen LogP contribution in [0.15, 0.2) is 54.6 Å². The molecule has 4 bridgehead atoms. The van der Waals surface area contributed by atoms with Crippen LogP contribution in [0.4, 0.5) is 0 Å². The molecule has 0 radical (unpaired) electrons. The molecule has 182 valence electrons. The van der Waals surface area contributed by atoms with Crippen molar-refractivity contribution >= 4 is 11.6 Å². The summed E-state index contributed by atoms with van der Waals surface area (Å²) < 4.78 is 0. The molecule has 2 nitrogen and oxygen atoms in total. The molecule has 0 spiro atoms. The number of nitrogens with one attached hydrogen (secondary N) is 1. The summed E-state index contributed by atoms with van der Waals surface area (Å²) in [5.74, 6) is 1.84. The van der Waals surface area contributed by atoms with Crippen LogP contribution >= 0.6 is 11.6 Å². The van der Waals surface area contributed by atoms with Gasteiger partial charge in [-0.2, -0.15) is 0 Å². The average molecular weight is 477 g/mol. The van der Waals surface area contributed by atoms with Crippen molar-refractivity contribution < 1.29 is 0 Å². The van der Waals surface area contributed by atoms with Gasteiger partial charge in [-0.15, -0.1) is 0 Å². The van der Waals surface area contributed by atoms with Gasteiger partial charge in [-0.25, -0.2) is 0 Å². The molecule has 1 heterocycles. The lowest BCUT2D eigenvalue weighted by Gasteiger charge is -2.64. The van der Waals surface area contributed by atoms with Gasteiger partial charge in [0.1, 0.15) is 0 Å². The summed E-state index contributed by atoms with van der Waals surface area (Å²) in [5, 5.41) is 5.07. The average Bonchev–Trinajstić information content (AvgIpc) is 2.84. The Morgan fingerprint density at radius 3 is 2.29 bits per heavy atom. The number of likely N-dealkylation sites (tertiary alicyclic amines) is 1. The molecule has 4 aliphatic carbocycles. The molecule has 5 aliphatic rings. The highest BCUT2D eigenvalue weighted by atomic mass is 35.5. The molecule has 5 fully saturated rings. The number of piperidine rings is 1. The summed E-state index contributed by atoms with van der Waals surface area (Å²) in [6.07, 6.45) is 12.3. The van der Waals surface area contributed by atoms with E-state index >= 15 is 0 Å². The maximum absolute atomic E-state index is 6.25. The summed E-state index contributed by atoms with van der Waals surface area (Å²) in [7, 11) is 0. The van der Waals surface area contributed by atoms with E-state index in [0.29, 0.717) is 22.9 Å². The third-order valence-corrected chi connectivity index (χ3v) is 10.4. The summed E-state index contributed by atoms with van der Waals surface area (Å²) in [6, 6.07) is 21.2. The third-order valence-electron chi connectivity index (χ3n) is 10.1. The molecular weight excluding hydrogens is 436 g/mol. The minimum Gasteiger partial charge on any atom is -0.311 e. The fourth-order valence-corrected chi connectivity index (χ4v) is 8.89. The van der Waals surface area contributed by atoms with Gasteiger partial charge < -0.3 is 10.2 Å². The molecule has 1 N–H and O–H groups in total. The Morgan fingerprint density at radius 2 is 1.62 bits per heavy atom. The van der Waals surface area contributed by atoms with Gasteiger partial charge >= 0.3 is 0 Å². The molecule has 0 amide bonds. The first-order valence-electron chi connectivity index (χ1n) is 13.8. The summed E-state index contributed by atoms with van der Waals surface area (Å²) in [5.41, 5.74) is 3.90. The molecule has 1 aliphatic heterocycles. The number of halogens is 1. The van der Waals surface area contributed by atoms with Crippen molar-refractivity contribution in [2.75, 3.05) is 19.6 Å². The highest BCUT2D eigenvalue weighted by Gasteiger charge is 2.59. The first-order valence-corrected chi connectivity index (χ1v) is 14.2. The van der Waals surface area contributed by atoms with Gasteiger partial charge in [0, 0.05) is 23.7 Å². The van der Waals surface area contributed by atoms with Crippen LogP contribution in [0.1, 0.15) is 69.4 Å². The zero-order valence-electron chi connectivity index (χ0n) is 20.8.